The van der Waals surface area contributed by atoms with Crippen LogP contribution in [0, 0.1) is 0 Å². The summed E-state index contributed by atoms with van der Waals surface area (Å²) in [6.07, 6.45) is 2.47. The number of hydrogen-bond acceptors (Lipinski definition) is 4. The summed E-state index contributed by atoms with van der Waals surface area (Å²) in [6, 6.07) is 1.96. The average Bonchev–Trinajstić information content (AvgIpc) is 2.83. The number of nitrogens with one attached hydrogen (secondary N) is 1. The number of aromatic nitrogens is 2. The summed E-state index contributed by atoms with van der Waals surface area (Å²) in [6.45, 7) is 8.36. The summed E-state index contributed by atoms with van der Waals surface area (Å²) >= 11 is 3.38. The second kappa shape index (κ2) is 5.66. The Bertz CT molecular complexity index is 743. The van der Waals surface area contributed by atoms with E-state index in [-0.39, 0.29) is 11.0 Å². The molecule has 1 N–H and O–H groups in total. The lowest BCUT2D eigenvalue weighted by Crippen LogP contribution is -2.37. The van der Waals surface area contributed by atoms with Crippen molar-refractivity contribution >= 4 is 15.9 Å². The lowest BCUT2D eigenvalue weighted by molar-refractivity contribution is 0.222. The molecular formula is C16H20BrN3O2. The number of aromatic amines is 1. The van der Waals surface area contributed by atoms with Gasteiger partial charge in [-0.3, -0.25) is 9.69 Å². The molecule has 2 aromatic rings. The monoisotopic (exact) mass is 365 g/mol. The van der Waals surface area contributed by atoms with Crippen molar-refractivity contribution in [2.24, 2.45) is 0 Å². The zero-order chi connectivity index (χ0) is 15.9. The summed E-state index contributed by atoms with van der Waals surface area (Å²) in [5.74, 6) is 1.66. The van der Waals surface area contributed by atoms with Gasteiger partial charge in [0, 0.05) is 24.9 Å². The molecule has 0 amide bonds. The van der Waals surface area contributed by atoms with Gasteiger partial charge >= 0.3 is 0 Å². The van der Waals surface area contributed by atoms with E-state index in [0.717, 1.165) is 40.3 Å². The Morgan fingerprint density at radius 1 is 1.45 bits per heavy atom. The first-order valence-electron chi connectivity index (χ1n) is 7.41. The molecule has 0 aliphatic carbocycles. The molecule has 0 bridgehead atoms. The molecular weight excluding hydrogens is 346 g/mol. The van der Waals surface area contributed by atoms with Crippen molar-refractivity contribution in [2.75, 3.05) is 6.54 Å². The highest BCUT2D eigenvalue weighted by atomic mass is 79.9. The molecule has 1 aliphatic rings. The van der Waals surface area contributed by atoms with Crippen LogP contribution in [0.4, 0.5) is 0 Å². The molecule has 1 aliphatic heterocycles. The zero-order valence-electron chi connectivity index (χ0n) is 13.1. The molecule has 6 heteroatoms. The minimum Gasteiger partial charge on any atom is -0.467 e. The highest BCUT2D eigenvalue weighted by molar-refractivity contribution is 9.10. The van der Waals surface area contributed by atoms with Crippen molar-refractivity contribution in [1.29, 1.82) is 0 Å². The molecule has 22 heavy (non-hydrogen) atoms. The van der Waals surface area contributed by atoms with E-state index in [4.69, 9.17) is 4.42 Å². The normalized spacial score (nSPS) is 15.8. The second-order valence-corrected chi connectivity index (χ2v) is 7.70. The Morgan fingerprint density at radius 3 is 2.86 bits per heavy atom. The maximum absolute atomic E-state index is 12.4. The van der Waals surface area contributed by atoms with Crippen LogP contribution in [0.3, 0.4) is 0 Å². The van der Waals surface area contributed by atoms with Crippen molar-refractivity contribution in [3.8, 4) is 0 Å². The Kier molecular flexibility index (Phi) is 3.99. The van der Waals surface area contributed by atoms with E-state index in [1.165, 1.54) is 0 Å². The number of hydrogen-bond donors (Lipinski definition) is 1. The number of fused-ring (bicyclic) bond motifs is 1. The van der Waals surface area contributed by atoms with Gasteiger partial charge in [-0.15, -0.1) is 0 Å². The molecule has 3 rings (SSSR count). The van der Waals surface area contributed by atoms with E-state index in [0.29, 0.717) is 13.1 Å². The van der Waals surface area contributed by atoms with Gasteiger partial charge in [0.25, 0.3) is 5.56 Å². The smallest absolute Gasteiger partial charge is 0.255 e. The van der Waals surface area contributed by atoms with E-state index < -0.39 is 0 Å². The van der Waals surface area contributed by atoms with Gasteiger partial charge < -0.3 is 9.40 Å². The molecule has 2 aromatic heterocycles. The summed E-state index contributed by atoms with van der Waals surface area (Å²) in [4.78, 5) is 22.2. The highest BCUT2D eigenvalue weighted by Crippen LogP contribution is 2.22. The molecule has 0 aromatic carbocycles. The van der Waals surface area contributed by atoms with Crippen LogP contribution in [0.25, 0.3) is 0 Å². The largest absolute Gasteiger partial charge is 0.467 e. The van der Waals surface area contributed by atoms with Crippen LogP contribution in [0.5, 0.6) is 0 Å². The maximum Gasteiger partial charge on any atom is 0.255 e. The maximum atomic E-state index is 12.4. The van der Waals surface area contributed by atoms with Crippen molar-refractivity contribution < 1.29 is 4.42 Å². The first-order chi connectivity index (χ1) is 10.3. The van der Waals surface area contributed by atoms with E-state index in [1.807, 2.05) is 6.07 Å². The fraction of sp³-hybridized carbons (Fsp3) is 0.500. The third-order valence-corrected chi connectivity index (χ3v) is 4.28. The number of nitrogens with zero attached hydrogens (tertiary/aromatic N) is 2. The minimum absolute atomic E-state index is 0.0137. The van der Waals surface area contributed by atoms with Gasteiger partial charge in [0.1, 0.15) is 17.8 Å². The van der Waals surface area contributed by atoms with E-state index in [1.54, 1.807) is 6.26 Å². The third-order valence-electron chi connectivity index (χ3n) is 3.86. The quantitative estimate of drug-likeness (QED) is 0.888. The summed E-state index contributed by atoms with van der Waals surface area (Å²) in [5.41, 5.74) is 1.56. The van der Waals surface area contributed by atoms with Gasteiger partial charge in [-0.05, 0) is 22.0 Å². The van der Waals surface area contributed by atoms with Gasteiger partial charge in [-0.1, -0.05) is 20.8 Å². The Balaban J connectivity index is 1.83. The first-order valence-corrected chi connectivity index (χ1v) is 8.20. The minimum atomic E-state index is -0.147. The van der Waals surface area contributed by atoms with Crippen LogP contribution >= 0.6 is 15.9 Å². The average molecular weight is 366 g/mol. The number of H-pyrrole nitrogens is 1. The Labute approximate surface area is 137 Å². The Morgan fingerprint density at radius 2 is 2.23 bits per heavy atom. The van der Waals surface area contributed by atoms with Gasteiger partial charge in [-0.25, -0.2) is 4.98 Å². The van der Waals surface area contributed by atoms with Gasteiger partial charge in [0.05, 0.1) is 22.3 Å². The molecule has 0 saturated carbocycles. The predicted octanol–water partition coefficient (Wildman–Crippen LogP) is 2.98. The number of halogens is 1. The zero-order valence-corrected chi connectivity index (χ0v) is 14.7. The fourth-order valence-electron chi connectivity index (χ4n) is 2.63. The van der Waals surface area contributed by atoms with Crippen LogP contribution in [0.1, 0.15) is 43.6 Å². The number of furan rings is 1. The summed E-state index contributed by atoms with van der Waals surface area (Å²) in [5, 5.41) is 0. The van der Waals surface area contributed by atoms with Crippen LogP contribution in [-0.2, 0) is 24.9 Å². The topological polar surface area (TPSA) is 62.1 Å². The third kappa shape index (κ3) is 3.17. The molecule has 0 spiro atoms. The van der Waals surface area contributed by atoms with Crippen molar-refractivity contribution in [1.82, 2.24) is 14.9 Å². The highest BCUT2D eigenvalue weighted by Gasteiger charge is 2.25. The van der Waals surface area contributed by atoms with Crippen molar-refractivity contribution in [3.05, 3.63) is 50.0 Å². The molecule has 0 fully saturated rings. The standard InChI is InChI=1S/C16H20BrN3O2/c1-16(2,3)15-18-13-4-5-20(8-12(13)14(21)19-15)7-11-6-10(17)9-22-11/h6,9H,4-5,7-8H2,1-3H3,(H,18,19,21). The van der Waals surface area contributed by atoms with E-state index in [2.05, 4.69) is 51.6 Å². The van der Waals surface area contributed by atoms with Gasteiger partial charge in [0.2, 0.25) is 0 Å². The molecule has 5 nitrogen and oxygen atoms in total. The molecule has 0 atom stereocenters. The SMILES string of the molecule is CC(C)(C)c1nc2c(c(=O)[nH]1)CN(Cc1cc(Br)co1)CC2. The molecule has 0 radical (unpaired) electrons. The summed E-state index contributed by atoms with van der Waals surface area (Å²) in [7, 11) is 0. The van der Waals surface area contributed by atoms with Gasteiger partial charge in [0.15, 0.2) is 0 Å². The van der Waals surface area contributed by atoms with Crippen LogP contribution in [0.2, 0.25) is 0 Å². The number of rotatable bonds is 2. The van der Waals surface area contributed by atoms with Gasteiger partial charge in [-0.2, -0.15) is 0 Å². The predicted molar refractivity (Wildman–Crippen MR) is 87.8 cm³/mol. The van der Waals surface area contributed by atoms with E-state index >= 15 is 0 Å². The second-order valence-electron chi connectivity index (χ2n) is 6.78. The molecule has 0 saturated heterocycles. The molecule has 0 unspecified atom stereocenters. The Hall–Kier alpha value is -1.40. The fourth-order valence-corrected chi connectivity index (χ4v) is 2.98. The van der Waals surface area contributed by atoms with Crippen LogP contribution in [-0.4, -0.2) is 21.4 Å². The molecule has 3 heterocycles. The van der Waals surface area contributed by atoms with Crippen LogP contribution < -0.4 is 5.56 Å². The van der Waals surface area contributed by atoms with Crippen molar-refractivity contribution in [2.45, 2.75) is 45.7 Å². The first kappa shape index (κ1) is 15.5. The van der Waals surface area contributed by atoms with Crippen molar-refractivity contribution in [3.63, 3.8) is 0 Å². The lowest BCUT2D eigenvalue weighted by Gasteiger charge is -2.28. The van der Waals surface area contributed by atoms with E-state index in [9.17, 15) is 4.79 Å². The summed E-state index contributed by atoms with van der Waals surface area (Å²) < 4.78 is 6.40. The lowest BCUT2D eigenvalue weighted by atomic mass is 9.95. The van der Waals surface area contributed by atoms with Crippen LogP contribution in [0.15, 0.2) is 26.0 Å². The molecule has 118 valence electrons.